The van der Waals surface area contributed by atoms with Crippen molar-refractivity contribution in [2.75, 3.05) is 26.7 Å². The normalized spacial score (nSPS) is 20.0. The van der Waals surface area contributed by atoms with E-state index < -0.39 is 0 Å². The lowest BCUT2D eigenvalue weighted by Crippen LogP contribution is -2.49. The summed E-state index contributed by atoms with van der Waals surface area (Å²) in [7, 11) is 1.47. The minimum atomic E-state index is -0.0836. The van der Waals surface area contributed by atoms with E-state index in [0.29, 0.717) is 12.6 Å². The maximum atomic E-state index is 11.7. The van der Waals surface area contributed by atoms with E-state index in [9.17, 15) is 4.79 Å². The highest BCUT2D eigenvalue weighted by Gasteiger charge is 2.28. The first-order chi connectivity index (χ1) is 12.3. The van der Waals surface area contributed by atoms with Crippen LogP contribution in [0.3, 0.4) is 0 Å². The van der Waals surface area contributed by atoms with Crippen molar-refractivity contribution in [3.63, 3.8) is 0 Å². The summed E-state index contributed by atoms with van der Waals surface area (Å²) in [6, 6.07) is 4.43. The van der Waals surface area contributed by atoms with E-state index in [1.54, 1.807) is 6.26 Å². The Labute approximate surface area is 149 Å². The summed E-state index contributed by atoms with van der Waals surface area (Å²) in [5, 5.41) is 3.65. The molecule has 3 rings (SSSR count). The van der Waals surface area contributed by atoms with Crippen LogP contribution >= 0.6 is 0 Å². The number of guanidine groups is 1. The first-order valence-electron chi connectivity index (χ1n) is 9.42. The molecule has 6 heteroatoms. The summed E-state index contributed by atoms with van der Waals surface area (Å²) in [6.45, 7) is 2.40. The number of carbonyl (C=O) groups is 1. The molecule has 0 unspecified atom stereocenters. The lowest BCUT2D eigenvalue weighted by atomic mass is 9.97. The maximum Gasteiger partial charge on any atom is 0.308 e. The summed E-state index contributed by atoms with van der Waals surface area (Å²) < 4.78 is 10.3. The van der Waals surface area contributed by atoms with Crippen molar-refractivity contribution < 1.29 is 13.9 Å². The molecule has 1 aliphatic carbocycles. The number of likely N-dealkylation sites (tertiary alicyclic amines) is 1. The minimum Gasteiger partial charge on any atom is -0.469 e. The monoisotopic (exact) mass is 347 g/mol. The predicted molar refractivity (Wildman–Crippen MR) is 96.4 cm³/mol. The highest BCUT2D eigenvalue weighted by atomic mass is 16.5. The molecule has 138 valence electrons. The highest BCUT2D eigenvalue weighted by molar-refractivity contribution is 5.81. The zero-order valence-electron chi connectivity index (χ0n) is 15.1. The topological polar surface area (TPSA) is 67.1 Å². The van der Waals surface area contributed by atoms with Gasteiger partial charge in [-0.05, 0) is 37.8 Å². The zero-order chi connectivity index (χ0) is 17.5. The van der Waals surface area contributed by atoms with Gasteiger partial charge in [-0.15, -0.1) is 0 Å². The van der Waals surface area contributed by atoms with Crippen LogP contribution in [0.15, 0.2) is 27.8 Å². The number of hydrogen-bond donors (Lipinski definition) is 1. The number of esters is 1. The van der Waals surface area contributed by atoms with Gasteiger partial charge in [-0.1, -0.05) is 12.8 Å². The summed E-state index contributed by atoms with van der Waals surface area (Å²) >= 11 is 0. The Balaban J connectivity index is 1.58. The van der Waals surface area contributed by atoms with Crippen LogP contribution in [0.4, 0.5) is 0 Å². The molecule has 2 fully saturated rings. The molecule has 1 aromatic rings. The van der Waals surface area contributed by atoms with Gasteiger partial charge in [-0.2, -0.15) is 0 Å². The van der Waals surface area contributed by atoms with Crippen LogP contribution in [0.25, 0.3) is 0 Å². The number of ether oxygens (including phenoxy) is 1. The number of carbonyl (C=O) groups excluding carboxylic acids is 1. The van der Waals surface area contributed by atoms with Crippen molar-refractivity contribution in [2.45, 2.75) is 51.0 Å². The molecular formula is C19H29N3O3. The van der Waals surface area contributed by atoms with E-state index in [1.807, 2.05) is 12.1 Å². The van der Waals surface area contributed by atoms with E-state index in [1.165, 1.54) is 32.8 Å². The molecule has 6 nitrogen and oxygen atoms in total. The fraction of sp³-hybridized carbons (Fsp3) is 0.684. The Bertz CT molecular complexity index is 556. The fourth-order valence-corrected chi connectivity index (χ4v) is 3.71. The third-order valence-corrected chi connectivity index (χ3v) is 5.22. The molecule has 0 bridgehead atoms. The van der Waals surface area contributed by atoms with Gasteiger partial charge in [0.1, 0.15) is 5.76 Å². The number of piperidine rings is 1. The fourth-order valence-electron chi connectivity index (χ4n) is 3.71. The van der Waals surface area contributed by atoms with Crippen LogP contribution in [-0.2, 0) is 16.0 Å². The lowest BCUT2D eigenvalue weighted by molar-refractivity contribution is -0.146. The predicted octanol–water partition coefficient (Wildman–Crippen LogP) is 2.60. The Hall–Kier alpha value is -1.98. The summed E-state index contributed by atoms with van der Waals surface area (Å²) in [4.78, 5) is 18.9. The average Bonchev–Trinajstić information content (AvgIpc) is 3.34. The molecule has 1 aliphatic heterocycles. The first kappa shape index (κ1) is 17.8. The molecule has 0 radical (unpaired) electrons. The molecule has 0 aromatic carbocycles. The van der Waals surface area contributed by atoms with Gasteiger partial charge in [0.05, 0.1) is 19.3 Å². The van der Waals surface area contributed by atoms with E-state index >= 15 is 0 Å². The summed E-state index contributed by atoms with van der Waals surface area (Å²) in [6.07, 6.45) is 9.19. The number of hydrogen-bond acceptors (Lipinski definition) is 4. The van der Waals surface area contributed by atoms with Crippen LogP contribution in [-0.4, -0.2) is 49.6 Å². The molecule has 1 N–H and O–H groups in total. The summed E-state index contributed by atoms with van der Waals surface area (Å²) in [5.74, 6) is 1.90. The Morgan fingerprint density at radius 1 is 1.32 bits per heavy atom. The van der Waals surface area contributed by atoms with E-state index in [4.69, 9.17) is 14.1 Å². The Morgan fingerprint density at radius 2 is 2.08 bits per heavy atom. The van der Waals surface area contributed by atoms with E-state index in [-0.39, 0.29) is 11.9 Å². The van der Waals surface area contributed by atoms with Gasteiger partial charge in [0, 0.05) is 32.1 Å². The third-order valence-electron chi connectivity index (χ3n) is 5.22. The largest absolute Gasteiger partial charge is 0.469 e. The second-order valence-corrected chi connectivity index (χ2v) is 6.94. The number of rotatable bonds is 5. The number of aliphatic imine (C=N–C) groups is 1. The second kappa shape index (κ2) is 8.92. The van der Waals surface area contributed by atoms with Gasteiger partial charge in [-0.25, -0.2) is 0 Å². The molecule has 1 saturated carbocycles. The van der Waals surface area contributed by atoms with Crippen molar-refractivity contribution in [1.29, 1.82) is 0 Å². The van der Waals surface area contributed by atoms with Gasteiger partial charge < -0.3 is 19.4 Å². The van der Waals surface area contributed by atoms with Gasteiger partial charge in [-0.3, -0.25) is 9.79 Å². The smallest absolute Gasteiger partial charge is 0.308 e. The SMILES string of the molecule is COC(=O)C1CCN(C(=NCCc2ccco2)NC2CCCC2)CC1. The Kier molecular flexibility index (Phi) is 6.36. The van der Waals surface area contributed by atoms with Gasteiger partial charge in [0.2, 0.25) is 0 Å². The van der Waals surface area contributed by atoms with Crippen molar-refractivity contribution >= 4 is 11.9 Å². The van der Waals surface area contributed by atoms with Gasteiger partial charge >= 0.3 is 5.97 Å². The average molecular weight is 347 g/mol. The van der Waals surface area contributed by atoms with Gasteiger partial charge in [0.25, 0.3) is 0 Å². The molecule has 2 heterocycles. The number of methoxy groups -OCH3 is 1. The van der Waals surface area contributed by atoms with E-state index in [2.05, 4.69) is 10.2 Å². The van der Waals surface area contributed by atoms with Crippen molar-refractivity contribution in [3.8, 4) is 0 Å². The minimum absolute atomic E-state index is 0.0251. The number of nitrogens with one attached hydrogen (secondary N) is 1. The lowest BCUT2D eigenvalue weighted by Gasteiger charge is -2.34. The molecule has 0 atom stereocenters. The molecular weight excluding hydrogens is 318 g/mol. The number of furan rings is 1. The maximum absolute atomic E-state index is 11.7. The van der Waals surface area contributed by atoms with Gasteiger partial charge in [0.15, 0.2) is 5.96 Å². The molecule has 25 heavy (non-hydrogen) atoms. The molecule has 1 saturated heterocycles. The Morgan fingerprint density at radius 3 is 2.72 bits per heavy atom. The van der Waals surface area contributed by atoms with E-state index in [0.717, 1.165) is 44.1 Å². The zero-order valence-corrected chi connectivity index (χ0v) is 15.1. The first-order valence-corrected chi connectivity index (χ1v) is 9.42. The standard InChI is InChI=1S/C19H29N3O3/c1-24-18(23)15-9-12-22(13-10-15)19(21-16-5-2-3-6-16)20-11-8-17-7-4-14-25-17/h4,7,14-16H,2-3,5-6,8-13H2,1H3,(H,20,21). The van der Waals surface area contributed by atoms with Crippen LogP contribution < -0.4 is 5.32 Å². The van der Waals surface area contributed by atoms with Crippen LogP contribution in [0.1, 0.15) is 44.3 Å². The van der Waals surface area contributed by atoms with Crippen LogP contribution in [0.5, 0.6) is 0 Å². The van der Waals surface area contributed by atoms with Crippen molar-refractivity contribution in [3.05, 3.63) is 24.2 Å². The summed E-state index contributed by atoms with van der Waals surface area (Å²) in [5.41, 5.74) is 0. The molecule has 0 amide bonds. The third kappa shape index (κ3) is 5.00. The number of nitrogens with zero attached hydrogens (tertiary/aromatic N) is 2. The van der Waals surface area contributed by atoms with Crippen molar-refractivity contribution in [1.82, 2.24) is 10.2 Å². The molecule has 2 aliphatic rings. The van der Waals surface area contributed by atoms with Crippen LogP contribution in [0, 0.1) is 5.92 Å². The molecule has 0 spiro atoms. The molecule has 1 aromatic heterocycles. The second-order valence-electron chi connectivity index (χ2n) is 6.94. The van der Waals surface area contributed by atoms with Crippen LogP contribution in [0.2, 0.25) is 0 Å². The highest BCUT2D eigenvalue weighted by Crippen LogP contribution is 2.21. The van der Waals surface area contributed by atoms with Crippen molar-refractivity contribution in [2.24, 2.45) is 10.9 Å². The quantitative estimate of drug-likeness (QED) is 0.504.